The number of nitrogens with one attached hydrogen (secondary N) is 1. The highest BCUT2D eigenvalue weighted by atomic mass is 32.2. The van der Waals surface area contributed by atoms with Gasteiger partial charge in [-0.05, 0) is 12.1 Å². The number of hydrogen-bond acceptors (Lipinski definition) is 5. The second-order valence-electron chi connectivity index (χ2n) is 3.73. The molecule has 0 bridgehead atoms. The van der Waals surface area contributed by atoms with Crippen LogP contribution in [0.3, 0.4) is 0 Å². The van der Waals surface area contributed by atoms with Crippen molar-refractivity contribution in [3.05, 3.63) is 23.2 Å². The van der Waals surface area contributed by atoms with E-state index in [1.807, 2.05) is 6.07 Å². The molecule has 2 heterocycles. The normalized spacial score (nSPS) is 12.5. The number of carbonyl (C=O) groups excluding carboxylic acids is 1. The van der Waals surface area contributed by atoms with Crippen LogP contribution in [0.2, 0.25) is 0 Å². The van der Waals surface area contributed by atoms with Crippen LogP contribution in [-0.2, 0) is 10.8 Å². The average molecular weight is 283 g/mol. The van der Waals surface area contributed by atoms with Crippen molar-refractivity contribution in [2.75, 3.05) is 24.3 Å². The van der Waals surface area contributed by atoms with Gasteiger partial charge in [0.2, 0.25) is 0 Å². The number of thiophene rings is 1. The van der Waals surface area contributed by atoms with Crippen molar-refractivity contribution >= 4 is 43.9 Å². The quantitative estimate of drug-likeness (QED) is 0.876. The first-order valence-electron chi connectivity index (χ1n) is 5.31. The molecule has 0 saturated heterocycles. The maximum absolute atomic E-state index is 11.9. The number of amides is 1. The summed E-state index contributed by atoms with van der Waals surface area (Å²) in [5, 5.41) is 2.70. The molecule has 18 heavy (non-hydrogen) atoms. The molecule has 0 aliphatic rings. The summed E-state index contributed by atoms with van der Waals surface area (Å²) in [5.74, 6) is 0.204. The maximum atomic E-state index is 11.9. The van der Waals surface area contributed by atoms with Crippen LogP contribution < -0.4 is 11.1 Å². The van der Waals surface area contributed by atoms with Crippen molar-refractivity contribution in [3.63, 3.8) is 0 Å². The lowest BCUT2D eigenvalue weighted by molar-refractivity contribution is 0.0961. The van der Waals surface area contributed by atoms with Gasteiger partial charge in [0.25, 0.3) is 5.91 Å². The fourth-order valence-corrected chi connectivity index (χ4v) is 2.89. The SMILES string of the molecule is CS(=O)CCNC(=O)c1sc2cccnc2c1N. The molecule has 1 amide bonds. The molecule has 0 radical (unpaired) electrons. The zero-order chi connectivity index (χ0) is 13.1. The van der Waals surface area contributed by atoms with E-state index < -0.39 is 10.8 Å². The first-order valence-corrected chi connectivity index (χ1v) is 7.85. The number of carbonyl (C=O) groups is 1. The highest BCUT2D eigenvalue weighted by Gasteiger charge is 2.16. The maximum Gasteiger partial charge on any atom is 0.263 e. The number of pyridine rings is 1. The smallest absolute Gasteiger partial charge is 0.263 e. The molecule has 96 valence electrons. The molecule has 0 fully saturated rings. The van der Waals surface area contributed by atoms with Crippen molar-refractivity contribution in [2.45, 2.75) is 0 Å². The van der Waals surface area contributed by atoms with Gasteiger partial charge in [-0.15, -0.1) is 11.3 Å². The average Bonchev–Trinajstić information content (AvgIpc) is 2.67. The monoisotopic (exact) mass is 283 g/mol. The number of rotatable bonds is 4. The van der Waals surface area contributed by atoms with Crippen LogP contribution in [0, 0.1) is 0 Å². The van der Waals surface area contributed by atoms with Gasteiger partial charge in [0.15, 0.2) is 0 Å². The summed E-state index contributed by atoms with van der Waals surface area (Å²) < 4.78 is 11.8. The Balaban J connectivity index is 2.17. The number of fused-ring (bicyclic) bond motifs is 1. The Morgan fingerprint density at radius 1 is 1.61 bits per heavy atom. The Hall–Kier alpha value is -1.47. The van der Waals surface area contributed by atoms with E-state index in [1.54, 1.807) is 18.5 Å². The van der Waals surface area contributed by atoms with Crippen LogP contribution in [0.5, 0.6) is 0 Å². The molecule has 2 aromatic heterocycles. The summed E-state index contributed by atoms with van der Waals surface area (Å²) in [6.45, 7) is 0.378. The van der Waals surface area contributed by atoms with Crippen LogP contribution in [0.25, 0.3) is 10.2 Å². The van der Waals surface area contributed by atoms with Gasteiger partial charge in [-0.2, -0.15) is 0 Å². The van der Waals surface area contributed by atoms with E-state index in [1.165, 1.54) is 11.3 Å². The minimum atomic E-state index is -0.913. The molecule has 5 nitrogen and oxygen atoms in total. The molecule has 2 rings (SSSR count). The van der Waals surface area contributed by atoms with Crippen molar-refractivity contribution in [2.24, 2.45) is 0 Å². The van der Waals surface area contributed by atoms with Gasteiger partial charge < -0.3 is 11.1 Å². The molecule has 0 saturated carbocycles. The van der Waals surface area contributed by atoms with E-state index in [0.29, 0.717) is 28.4 Å². The van der Waals surface area contributed by atoms with Gasteiger partial charge in [0.1, 0.15) is 10.4 Å². The molecule has 3 N–H and O–H groups in total. The molecule has 1 atom stereocenters. The number of hydrogen-bond donors (Lipinski definition) is 2. The fourth-order valence-electron chi connectivity index (χ4n) is 1.50. The van der Waals surface area contributed by atoms with E-state index in [0.717, 1.165) is 4.70 Å². The van der Waals surface area contributed by atoms with Gasteiger partial charge in [-0.25, -0.2) is 0 Å². The van der Waals surface area contributed by atoms with Crippen molar-refractivity contribution in [3.8, 4) is 0 Å². The Labute approximate surface area is 111 Å². The number of anilines is 1. The minimum absolute atomic E-state index is 0.235. The van der Waals surface area contributed by atoms with Crippen molar-refractivity contribution in [1.82, 2.24) is 10.3 Å². The van der Waals surface area contributed by atoms with Gasteiger partial charge in [0.05, 0.1) is 10.4 Å². The Morgan fingerprint density at radius 2 is 2.39 bits per heavy atom. The number of nitrogen functional groups attached to an aromatic ring is 1. The number of nitrogens with two attached hydrogens (primary N) is 1. The lowest BCUT2D eigenvalue weighted by Crippen LogP contribution is -2.27. The molecule has 0 spiro atoms. The summed E-state index contributed by atoms with van der Waals surface area (Å²) in [7, 11) is -0.913. The molecule has 0 aromatic carbocycles. The molecular weight excluding hydrogens is 270 g/mol. The molecule has 1 unspecified atom stereocenters. The topological polar surface area (TPSA) is 85.1 Å². The Morgan fingerprint density at radius 3 is 3.06 bits per heavy atom. The molecule has 2 aromatic rings. The Kier molecular flexibility index (Phi) is 3.93. The predicted octanol–water partition coefficient (Wildman–Crippen LogP) is 0.987. The highest BCUT2D eigenvalue weighted by molar-refractivity contribution is 7.84. The van der Waals surface area contributed by atoms with Crippen LogP contribution in [0.1, 0.15) is 9.67 Å². The Bertz CT molecular complexity index is 609. The third-order valence-electron chi connectivity index (χ3n) is 2.36. The minimum Gasteiger partial charge on any atom is -0.396 e. The van der Waals surface area contributed by atoms with Gasteiger partial charge >= 0.3 is 0 Å². The highest BCUT2D eigenvalue weighted by Crippen LogP contribution is 2.31. The van der Waals surface area contributed by atoms with E-state index in [-0.39, 0.29) is 5.91 Å². The number of nitrogens with zero attached hydrogens (tertiary/aromatic N) is 1. The van der Waals surface area contributed by atoms with Gasteiger partial charge in [-0.1, -0.05) is 0 Å². The van der Waals surface area contributed by atoms with Crippen LogP contribution in [0.4, 0.5) is 5.69 Å². The fraction of sp³-hybridized carbons (Fsp3) is 0.273. The lowest BCUT2D eigenvalue weighted by Gasteiger charge is -2.02. The second-order valence-corrected chi connectivity index (χ2v) is 6.34. The summed E-state index contributed by atoms with van der Waals surface area (Å²) in [6, 6.07) is 3.68. The van der Waals surface area contributed by atoms with E-state index in [4.69, 9.17) is 5.73 Å². The molecular formula is C11H13N3O2S2. The van der Waals surface area contributed by atoms with Gasteiger partial charge in [-0.3, -0.25) is 14.0 Å². The van der Waals surface area contributed by atoms with E-state index in [9.17, 15) is 9.00 Å². The van der Waals surface area contributed by atoms with Crippen LogP contribution >= 0.6 is 11.3 Å². The zero-order valence-corrected chi connectivity index (χ0v) is 11.4. The van der Waals surface area contributed by atoms with E-state index >= 15 is 0 Å². The molecule has 7 heteroatoms. The van der Waals surface area contributed by atoms with Gasteiger partial charge in [0, 0.05) is 35.5 Å². The first kappa shape index (κ1) is 13.0. The van der Waals surface area contributed by atoms with Crippen LogP contribution in [0.15, 0.2) is 18.3 Å². The first-order chi connectivity index (χ1) is 8.59. The van der Waals surface area contributed by atoms with Crippen molar-refractivity contribution < 1.29 is 9.00 Å². The third kappa shape index (κ3) is 2.68. The number of aromatic nitrogens is 1. The summed E-state index contributed by atoms with van der Waals surface area (Å²) >= 11 is 1.32. The summed E-state index contributed by atoms with van der Waals surface area (Å²) in [6.07, 6.45) is 3.25. The summed E-state index contributed by atoms with van der Waals surface area (Å²) in [5.41, 5.74) is 6.97. The lowest BCUT2D eigenvalue weighted by atomic mass is 10.3. The largest absolute Gasteiger partial charge is 0.396 e. The summed E-state index contributed by atoms with van der Waals surface area (Å²) in [4.78, 5) is 16.5. The van der Waals surface area contributed by atoms with Crippen LogP contribution in [-0.4, -0.2) is 33.7 Å². The van der Waals surface area contributed by atoms with E-state index in [2.05, 4.69) is 10.3 Å². The predicted molar refractivity (Wildman–Crippen MR) is 75.3 cm³/mol. The molecule has 0 aliphatic heterocycles. The standard InChI is InChI=1S/C11H13N3O2S2/c1-18(16)6-5-14-11(15)10-8(12)9-7(17-10)3-2-4-13-9/h2-4H,5-6,12H2,1H3,(H,14,15). The molecule has 0 aliphatic carbocycles. The second kappa shape index (κ2) is 5.45. The zero-order valence-electron chi connectivity index (χ0n) is 9.80. The third-order valence-corrected chi connectivity index (χ3v) is 4.30. The van der Waals surface area contributed by atoms with Crippen molar-refractivity contribution in [1.29, 1.82) is 0 Å².